The Labute approximate surface area is 118 Å². The van der Waals surface area contributed by atoms with E-state index >= 15 is 0 Å². The number of nitrogens with two attached hydrogens (primary N) is 1. The highest BCUT2D eigenvalue weighted by Gasteiger charge is 2.20. The topological polar surface area (TPSA) is 29.3 Å². The summed E-state index contributed by atoms with van der Waals surface area (Å²) in [5.41, 5.74) is 7.40. The minimum Gasteiger partial charge on any atom is -0.329 e. The van der Waals surface area contributed by atoms with Crippen molar-refractivity contribution in [3.05, 3.63) is 35.9 Å². The highest BCUT2D eigenvalue weighted by Crippen LogP contribution is 2.25. The Hall–Kier alpha value is -0.860. The van der Waals surface area contributed by atoms with E-state index in [0.717, 1.165) is 18.9 Å². The fourth-order valence-electron chi connectivity index (χ4n) is 3.25. The third-order valence-electron chi connectivity index (χ3n) is 4.53. The van der Waals surface area contributed by atoms with Crippen molar-refractivity contribution in [2.24, 2.45) is 11.7 Å². The summed E-state index contributed by atoms with van der Waals surface area (Å²) in [5, 5.41) is 0. The van der Waals surface area contributed by atoms with Gasteiger partial charge in [0.05, 0.1) is 0 Å². The van der Waals surface area contributed by atoms with Gasteiger partial charge in [-0.05, 0) is 44.2 Å². The number of aryl methyl sites for hydroxylation is 1. The Morgan fingerprint density at radius 1 is 1.21 bits per heavy atom. The summed E-state index contributed by atoms with van der Waals surface area (Å²) < 4.78 is 0. The van der Waals surface area contributed by atoms with E-state index in [1.54, 1.807) is 0 Å². The molecular weight excluding hydrogens is 232 g/mol. The lowest BCUT2D eigenvalue weighted by molar-refractivity contribution is 0.202. The molecule has 1 aliphatic rings. The van der Waals surface area contributed by atoms with Crippen molar-refractivity contribution in [3.63, 3.8) is 0 Å². The van der Waals surface area contributed by atoms with E-state index in [1.807, 2.05) is 0 Å². The van der Waals surface area contributed by atoms with Crippen LogP contribution < -0.4 is 5.73 Å². The van der Waals surface area contributed by atoms with E-state index in [1.165, 1.54) is 44.2 Å². The van der Waals surface area contributed by atoms with Gasteiger partial charge in [0, 0.05) is 19.1 Å². The Bertz CT molecular complexity index is 344. The van der Waals surface area contributed by atoms with Crippen molar-refractivity contribution in [1.29, 1.82) is 0 Å². The zero-order chi connectivity index (χ0) is 13.5. The summed E-state index contributed by atoms with van der Waals surface area (Å²) in [6.45, 7) is 2.01. The van der Waals surface area contributed by atoms with Crippen LogP contribution in [0.5, 0.6) is 0 Å². The average molecular weight is 260 g/mol. The van der Waals surface area contributed by atoms with E-state index in [0.29, 0.717) is 6.04 Å². The summed E-state index contributed by atoms with van der Waals surface area (Å²) in [4.78, 5) is 2.50. The fraction of sp³-hybridized carbons (Fsp3) is 0.647. The Balaban J connectivity index is 1.78. The number of benzene rings is 1. The lowest BCUT2D eigenvalue weighted by Crippen LogP contribution is -2.40. The van der Waals surface area contributed by atoms with E-state index < -0.39 is 0 Å². The quantitative estimate of drug-likeness (QED) is 0.816. The molecule has 1 aliphatic carbocycles. The lowest BCUT2D eigenvalue weighted by Gasteiger charge is -2.29. The molecule has 2 rings (SSSR count). The second-order valence-corrected chi connectivity index (χ2v) is 6.00. The smallest absolute Gasteiger partial charge is 0.0218 e. The molecule has 2 nitrogen and oxygen atoms in total. The molecular formula is C17H28N2. The van der Waals surface area contributed by atoms with E-state index in [-0.39, 0.29) is 0 Å². The Kier molecular flexibility index (Phi) is 5.87. The first-order valence-corrected chi connectivity index (χ1v) is 7.74. The fourth-order valence-corrected chi connectivity index (χ4v) is 3.25. The van der Waals surface area contributed by atoms with Crippen LogP contribution in [0.2, 0.25) is 0 Å². The van der Waals surface area contributed by atoms with Crippen molar-refractivity contribution in [3.8, 4) is 0 Å². The molecule has 1 saturated carbocycles. The predicted octanol–water partition coefficient (Wildman–Crippen LogP) is 3.07. The molecule has 1 unspecified atom stereocenters. The molecule has 0 heterocycles. The first kappa shape index (κ1) is 14.5. The summed E-state index contributed by atoms with van der Waals surface area (Å²) in [6, 6.07) is 11.3. The summed E-state index contributed by atoms with van der Waals surface area (Å²) in [5.74, 6) is 0.913. The molecule has 0 spiro atoms. The molecule has 106 valence electrons. The van der Waals surface area contributed by atoms with Gasteiger partial charge >= 0.3 is 0 Å². The van der Waals surface area contributed by atoms with Crippen LogP contribution in [0, 0.1) is 5.92 Å². The maximum absolute atomic E-state index is 5.97. The number of nitrogens with zero attached hydrogens (tertiary/aromatic N) is 1. The third kappa shape index (κ3) is 4.63. The van der Waals surface area contributed by atoms with Gasteiger partial charge in [0.25, 0.3) is 0 Å². The maximum atomic E-state index is 5.97. The van der Waals surface area contributed by atoms with Crippen LogP contribution in [0.25, 0.3) is 0 Å². The van der Waals surface area contributed by atoms with Gasteiger partial charge in [0.1, 0.15) is 0 Å². The number of hydrogen-bond acceptors (Lipinski definition) is 2. The van der Waals surface area contributed by atoms with Crippen LogP contribution in [0.15, 0.2) is 30.3 Å². The molecule has 1 atom stereocenters. The molecule has 2 heteroatoms. The Morgan fingerprint density at radius 3 is 2.53 bits per heavy atom. The van der Waals surface area contributed by atoms with Crippen LogP contribution in [0.3, 0.4) is 0 Å². The minimum atomic E-state index is 0.529. The minimum absolute atomic E-state index is 0.529. The molecule has 0 saturated heterocycles. The zero-order valence-corrected chi connectivity index (χ0v) is 12.2. The first-order valence-electron chi connectivity index (χ1n) is 7.74. The molecule has 0 aromatic heterocycles. The summed E-state index contributed by atoms with van der Waals surface area (Å²) >= 11 is 0. The van der Waals surface area contributed by atoms with Gasteiger partial charge in [-0.2, -0.15) is 0 Å². The van der Waals surface area contributed by atoms with Gasteiger partial charge in [-0.1, -0.05) is 43.2 Å². The molecule has 19 heavy (non-hydrogen) atoms. The average Bonchev–Trinajstić information content (AvgIpc) is 2.93. The second-order valence-electron chi connectivity index (χ2n) is 6.00. The standard InChI is InChI=1S/C17H28N2/c1-19(14-16-9-5-6-10-16)17(13-18)12-11-15-7-3-2-4-8-15/h2-4,7-8,16-17H,5-6,9-14,18H2,1H3. The van der Waals surface area contributed by atoms with Crippen molar-refractivity contribution >= 4 is 0 Å². The van der Waals surface area contributed by atoms with Crippen molar-refractivity contribution in [2.45, 2.75) is 44.6 Å². The van der Waals surface area contributed by atoms with Crippen LogP contribution in [0.1, 0.15) is 37.7 Å². The predicted molar refractivity (Wildman–Crippen MR) is 82.2 cm³/mol. The summed E-state index contributed by atoms with van der Waals surface area (Å²) in [7, 11) is 2.25. The molecule has 0 aliphatic heterocycles. The van der Waals surface area contributed by atoms with Gasteiger partial charge in [0.15, 0.2) is 0 Å². The highest BCUT2D eigenvalue weighted by molar-refractivity contribution is 5.14. The van der Waals surface area contributed by atoms with Gasteiger partial charge in [-0.15, -0.1) is 0 Å². The monoisotopic (exact) mass is 260 g/mol. The van der Waals surface area contributed by atoms with E-state index in [4.69, 9.17) is 5.73 Å². The van der Waals surface area contributed by atoms with Gasteiger partial charge in [-0.25, -0.2) is 0 Å². The van der Waals surface area contributed by atoms with Gasteiger partial charge < -0.3 is 10.6 Å². The molecule has 2 N–H and O–H groups in total. The van der Waals surface area contributed by atoms with Crippen LogP contribution >= 0.6 is 0 Å². The van der Waals surface area contributed by atoms with Crippen LogP contribution in [-0.4, -0.2) is 31.1 Å². The molecule has 0 radical (unpaired) electrons. The van der Waals surface area contributed by atoms with Gasteiger partial charge in [0.2, 0.25) is 0 Å². The zero-order valence-electron chi connectivity index (χ0n) is 12.2. The SMILES string of the molecule is CN(CC1CCCC1)C(CN)CCc1ccccc1. The summed E-state index contributed by atoms with van der Waals surface area (Å²) in [6.07, 6.45) is 7.99. The molecule has 0 bridgehead atoms. The number of hydrogen-bond donors (Lipinski definition) is 1. The first-order chi connectivity index (χ1) is 9.29. The van der Waals surface area contributed by atoms with E-state index in [2.05, 4.69) is 42.3 Å². The van der Waals surface area contributed by atoms with Crippen molar-refractivity contribution in [1.82, 2.24) is 4.90 Å². The Morgan fingerprint density at radius 2 is 1.89 bits per heavy atom. The van der Waals surface area contributed by atoms with Gasteiger partial charge in [-0.3, -0.25) is 0 Å². The van der Waals surface area contributed by atoms with Crippen molar-refractivity contribution in [2.75, 3.05) is 20.1 Å². The molecule has 0 amide bonds. The molecule has 1 aromatic carbocycles. The second kappa shape index (κ2) is 7.66. The maximum Gasteiger partial charge on any atom is 0.0218 e. The van der Waals surface area contributed by atoms with E-state index in [9.17, 15) is 0 Å². The van der Waals surface area contributed by atoms with Crippen molar-refractivity contribution < 1.29 is 0 Å². The third-order valence-corrected chi connectivity index (χ3v) is 4.53. The highest BCUT2D eigenvalue weighted by atomic mass is 15.1. The lowest BCUT2D eigenvalue weighted by atomic mass is 10.0. The normalized spacial score (nSPS) is 18.1. The molecule has 1 fully saturated rings. The largest absolute Gasteiger partial charge is 0.329 e. The molecule has 1 aromatic rings. The van der Waals surface area contributed by atoms with Crippen LogP contribution in [0.4, 0.5) is 0 Å². The number of rotatable bonds is 7. The van der Waals surface area contributed by atoms with Crippen LogP contribution in [-0.2, 0) is 6.42 Å². The number of likely N-dealkylation sites (N-methyl/N-ethyl adjacent to an activating group) is 1.